The van der Waals surface area contributed by atoms with Gasteiger partial charge in [0.2, 0.25) is 0 Å². The van der Waals surface area contributed by atoms with Crippen molar-refractivity contribution in [1.29, 1.82) is 0 Å². The average molecular weight is 161 g/mol. The molecule has 1 aromatic heterocycles. The fourth-order valence-electron chi connectivity index (χ4n) is 1.18. The maximum Gasteiger partial charge on any atom is 0.107 e. The Balaban J connectivity index is 2.30. The third-order valence-electron chi connectivity index (χ3n) is 2.22. The first kappa shape index (κ1) is 7.50. The van der Waals surface area contributed by atoms with Gasteiger partial charge in [0.1, 0.15) is 5.60 Å². The van der Waals surface area contributed by atoms with Crippen LogP contribution in [0.5, 0.6) is 0 Å². The number of nitrogens with zero attached hydrogens (tertiary/aromatic N) is 1. The Kier molecular flexibility index (Phi) is 1.51. The molecular weight excluding hydrogens is 150 g/mol. The molecule has 1 fully saturated rings. The summed E-state index contributed by atoms with van der Waals surface area (Å²) in [6, 6.07) is 3.79. The number of aliphatic hydroxyl groups is 1. The van der Waals surface area contributed by atoms with Crippen LogP contribution >= 0.6 is 0 Å². The first-order valence-electron chi connectivity index (χ1n) is 4.06. The minimum absolute atomic E-state index is 0.611. The van der Waals surface area contributed by atoms with Gasteiger partial charge in [0.25, 0.3) is 0 Å². The van der Waals surface area contributed by atoms with Gasteiger partial charge in [-0.25, -0.2) is 0 Å². The van der Waals surface area contributed by atoms with Crippen LogP contribution in [0.4, 0.5) is 0 Å². The largest absolute Gasteiger partial charge is 0.384 e. The number of aromatic nitrogens is 1. The number of rotatable bonds is 2. The van der Waals surface area contributed by atoms with Crippen molar-refractivity contribution in [1.82, 2.24) is 4.98 Å². The van der Waals surface area contributed by atoms with Gasteiger partial charge in [0, 0.05) is 6.20 Å². The van der Waals surface area contributed by atoms with E-state index < -0.39 is 5.60 Å². The van der Waals surface area contributed by atoms with Gasteiger partial charge in [0.15, 0.2) is 0 Å². The highest BCUT2D eigenvalue weighted by Crippen LogP contribution is 2.44. The molecule has 1 saturated carbocycles. The summed E-state index contributed by atoms with van der Waals surface area (Å²) in [5, 5.41) is 9.68. The molecule has 2 heteroatoms. The van der Waals surface area contributed by atoms with E-state index in [-0.39, 0.29) is 0 Å². The monoisotopic (exact) mass is 161 g/mol. The lowest BCUT2D eigenvalue weighted by molar-refractivity contribution is 0.146. The molecule has 2 rings (SSSR count). The molecule has 0 saturated heterocycles. The van der Waals surface area contributed by atoms with Gasteiger partial charge in [-0.2, -0.15) is 0 Å². The van der Waals surface area contributed by atoms with E-state index in [2.05, 4.69) is 11.6 Å². The summed E-state index contributed by atoms with van der Waals surface area (Å²) in [6.45, 7) is 3.64. The average Bonchev–Trinajstić information content (AvgIpc) is 2.85. The third-order valence-corrected chi connectivity index (χ3v) is 2.22. The summed E-state index contributed by atoms with van der Waals surface area (Å²) in [4.78, 5) is 4.16. The van der Waals surface area contributed by atoms with Gasteiger partial charge in [-0.15, -0.1) is 0 Å². The van der Waals surface area contributed by atoms with Crippen molar-refractivity contribution in [2.75, 3.05) is 0 Å². The lowest BCUT2D eigenvalue weighted by Gasteiger charge is -2.05. The van der Waals surface area contributed by atoms with E-state index in [1.807, 2.05) is 12.1 Å². The molecular formula is C10H11NO. The molecule has 0 amide bonds. The van der Waals surface area contributed by atoms with Crippen LogP contribution in [0, 0.1) is 0 Å². The fourth-order valence-corrected chi connectivity index (χ4v) is 1.18. The molecule has 0 atom stereocenters. The van der Waals surface area contributed by atoms with Crippen LogP contribution in [-0.2, 0) is 5.60 Å². The fraction of sp³-hybridized carbons (Fsp3) is 0.300. The third kappa shape index (κ3) is 1.14. The normalized spacial score (nSPS) is 18.8. The van der Waals surface area contributed by atoms with Gasteiger partial charge in [0.05, 0.1) is 5.69 Å². The van der Waals surface area contributed by atoms with Crippen LogP contribution in [0.25, 0.3) is 6.08 Å². The Labute approximate surface area is 71.6 Å². The number of hydrogen-bond donors (Lipinski definition) is 1. The molecule has 1 heterocycles. The van der Waals surface area contributed by atoms with E-state index in [4.69, 9.17) is 0 Å². The first-order valence-corrected chi connectivity index (χ1v) is 4.06. The van der Waals surface area contributed by atoms with Crippen LogP contribution in [0.15, 0.2) is 24.9 Å². The maximum atomic E-state index is 9.68. The summed E-state index contributed by atoms with van der Waals surface area (Å²) < 4.78 is 0. The summed E-state index contributed by atoms with van der Waals surface area (Å²) in [5.41, 5.74) is 1.16. The molecule has 2 nitrogen and oxygen atoms in total. The zero-order valence-corrected chi connectivity index (χ0v) is 6.83. The molecule has 12 heavy (non-hydrogen) atoms. The van der Waals surface area contributed by atoms with Crippen molar-refractivity contribution in [2.24, 2.45) is 0 Å². The van der Waals surface area contributed by atoms with Crippen molar-refractivity contribution in [3.05, 3.63) is 36.2 Å². The second-order valence-corrected chi connectivity index (χ2v) is 3.21. The Morgan fingerprint density at radius 1 is 1.50 bits per heavy atom. The van der Waals surface area contributed by atoms with Gasteiger partial charge >= 0.3 is 0 Å². The van der Waals surface area contributed by atoms with Crippen molar-refractivity contribution in [3.63, 3.8) is 0 Å². The minimum atomic E-state index is -0.611. The van der Waals surface area contributed by atoms with Crippen molar-refractivity contribution in [3.8, 4) is 0 Å². The van der Waals surface area contributed by atoms with E-state index in [1.54, 1.807) is 12.3 Å². The Hall–Kier alpha value is -1.15. The number of pyridine rings is 1. The quantitative estimate of drug-likeness (QED) is 0.716. The molecule has 1 N–H and O–H groups in total. The zero-order chi connectivity index (χ0) is 8.60. The standard InChI is InChI=1S/C10H11NO/c1-2-8-3-4-9(11-7-8)10(12)5-6-10/h2-4,7,12H,1,5-6H2. The molecule has 1 aliphatic carbocycles. The molecule has 0 spiro atoms. The van der Waals surface area contributed by atoms with E-state index in [9.17, 15) is 5.11 Å². The highest BCUT2D eigenvalue weighted by atomic mass is 16.3. The summed E-state index contributed by atoms with van der Waals surface area (Å²) in [7, 11) is 0. The Bertz CT molecular complexity index is 298. The zero-order valence-electron chi connectivity index (χ0n) is 6.83. The lowest BCUT2D eigenvalue weighted by atomic mass is 10.2. The first-order chi connectivity index (χ1) is 5.74. The number of hydrogen-bond acceptors (Lipinski definition) is 2. The van der Waals surface area contributed by atoms with E-state index in [0.29, 0.717) is 0 Å². The summed E-state index contributed by atoms with van der Waals surface area (Å²) in [5.74, 6) is 0. The summed E-state index contributed by atoms with van der Waals surface area (Å²) >= 11 is 0. The highest BCUT2D eigenvalue weighted by molar-refractivity contribution is 5.45. The van der Waals surface area contributed by atoms with Crippen molar-refractivity contribution < 1.29 is 5.11 Å². The highest BCUT2D eigenvalue weighted by Gasteiger charge is 2.43. The maximum absolute atomic E-state index is 9.68. The predicted octanol–water partition coefficient (Wildman–Crippen LogP) is 1.71. The van der Waals surface area contributed by atoms with E-state index in [0.717, 1.165) is 24.1 Å². The van der Waals surface area contributed by atoms with Gasteiger partial charge in [-0.1, -0.05) is 18.7 Å². The summed E-state index contributed by atoms with van der Waals surface area (Å²) in [6.07, 6.45) is 5.16. The molecule has 0 unspecified atom stereocenters. The van der Waals surface area contributed by atoms with E-state index in [1.165, 1.54) is 0 Å². The van der Waals surface area contributed by atoms with Crippen LogP contribution in [0.1, 0.15) is 24.1 Å². The molecule has 62 valence electrons. The molecule has 0 aromatic carbocycles. The smallest absolute Gasteiger partial charge is 0.107 e. The van der Waals surface area contributed by atoms with Crippen LogP contribution < -0.4 is 0 Å². The van der Waals surface area contributed by atoms with Gasteiger partial charge < -0.3 is 5.11 Å². The molecule has 0 aliphatic heterocycles. The Morgan fingerprint density at radius 3 is 2.67 bits per heavy atom. The molecule has 0 bridgehead atoms. The van der Waals surface area contributed by atoms with Crippen LogP contribution in [0.2, 0.25) is 0 Å². The minimum Gasteiger partial charge on any atom is -0.384 e. The van der Waals surface area contributed by atoms with Gasteiger partial charge in [-0.3, -0.25) is 4.98 Å². The van der Waals surface area contributed by atoms with Crippen molar-refractivity contribution >= 4 is 6.08 Å². The molecule has 1 aliphatic rings. The Morgan fingerprint density at radius 2 is 2.25 bits per heavy atom. The van der Waals surface area contributed by atoms with Crippen LogP contribution in [-0.4, -0.2) is 10.1 Å². The topological polar surface area (TPSA) is 33.1 Å². The van der Waals surface area contributed by atoms with Gasteiger partial charge in [-0.05, 0) is 24.5 Å². The molecule has 0 radical (unpaired) electrons. The molecule has 1 aromatic rings. The lowest BCUT2D eigenvalue weighted by Crippen LogP contribution is -2.06. The second-order valence-electron chi connectivity index (χ2n) is 3.21. The van der Waals surface area contributed by atoms with Crippen molar-refractivity contribution in [2.45, 2.75) is 18.4 Å². The van der Waals surface area contributed by atoms with E-state index >= 15 is 0 Å². The van der Waals surface area contributed by atoms with Crippen LogP contribution in [0.3, 0.4) is 0 Å². The predicted molar refractivity (Wildman–Crippen MR) is 47.5 cm³/mol. The second kappa shape index (κ2) is 2.42. The SMILES string of the molecule is C=Cc1ccc(C2(O)CC2)nc1.